The summed E-state index contributed by atoms with van der Waals surface area (Å²) in [4.78, 5) is 25.6. The monoisotopic (exact) mass is 481 g/mol. The Morgan fingerprint density at radius 2 is 1.71 bits per heavy atom. The number of para-hydroxylation sites is 1. The number of sulfone groups is 1. The largest absolute Gasteiger partial charge is 0.488 e. The SMILES string of the molecule is Cc1cc(C(=O)COC(=O)c2ccccc2OCc2ccccc2)c(C)n1C1CCS(=O)(=O)C1. The van der Waals surface area contributed by atoms with Crippen molar-refractivity contribution in [3.05, 3.63) is 88.7 Å². The minimum absolute atomic E-state index is 0.0751. The first-order valence-corrected chi connectivity index (χ1v) is 12.9. The molecule has 0 aliphatic carbocycles. The third-order valence-electron chi connectivity index (χ3n) is 6.04. The summed E-state index contributed by atoms with van der Waals surface area (Å²) in [6, 6.07) is 17.9. The Labute approximate surface area is 199 Å². The zero-order chi connectivity index (χ0) is 24.3. The molecule has 1 aliphatic heterocycles. The molecule has 8 heteroatoms. The fourth-order valence-electron chi connectivity index (χ4n) is 4.38. The first-order valence-electron chi connectivity index (χ1n) is 11.1. The van der Waals surface area contributed by atoms with Crippen LogP contribution >= 0.6 is 0 Å². The third-order valence-corrected chi connectivity index (χ3v) is 7.79. The number of aromatic nitrogens is 1. The first-order chi connectivity index (χ1) is 16.2. The molecule has 34 heavy (non-hydrogen) atoms. The van der Waals surface area contributed by atoms with Gasteiger partial charge in [0.15, 0.2) is 16.4 Å². The van der Waals surface area contributed by atoms with Crippen molar-refractivity contribution in [3.63, 3.8) is 0 Å². The van der Waals surface area contributed by atoms with Gasteiger partial charge in [0.1, 0.15) is 17.9 Å². The van der Waals surface area contributed by atoms with Crippen molar-refractivity contribution in [2.24, 2.45) is 0 Å². The van der Waals surface area contributed by atoms with E-state index in [9.17, 15) is 18.0 Å². The highest BCUT2D eigenvalue weighted by molar-refractivity contribution is 7.91. The zero-order valence-corrected chi connectivity index (χ0v) is 20.0. The molecule has 4 rings (SSSR count). The Morgan fingerprint density at radius 1 is 1.00 bits per heavy atom. The van der Waals surface area contributed by atoms with Gasteiger partial charge in [-0.1, -0.05) is 42.5 Å². The predicted molar refractivity (Wildman–Crippen MR) is 128 cm³/mol. The number of aryl methyl sites for hydroxylation is 1. The molecule has 0 N–H and O–H groups in total. The summed E-state index contributed by atoms with van der Waals surface area (Å²) >= 11 is 0. The van der Waals surface area contributed by atoms with Gasteiger partial charge in [-0.15, -0.1) is 0 Å². The molecule has 7 nitrogen and oxygen atoms in total. The number of ketones is 1. The lowest BCUT2D eigenvalue weighted by molar-refractivity contribution is 0.0470. The molecule has 1 saturated heterocycles. The summed E-state index contributed by atoms with van der Waals surface area (Å²) < 4.78 is 36.8. The number of hydrogen-bond acceptors (Lipinski definition) is 6. The second-order valence-electron chi connectivity index (χ2n) is 8.48. The summed E-state index contributed by atoms with van der Waals surface area (Å²) in [5.74, 6) is -0.374. The van der Waals surface area contributed by atoms with Gasteiger partial charge in [0.25, 0.3) is 0 Å². The molecule has 1 unspecified atom stereocenters. The lowest BCUT2D eigenvalue weighted by Gasteiger charge is -2.16. The fourth-order valence-corrected chi connectivity index (χ4v) is 6.08. The van der Waals surface area contributed by atoms with Crippen molar-refractivity contribution in [2.75, 3.05) is 18.1 Å². The van der Waals surface area contributed by atoms with Crippen LogP contribution < -0.4 is 4.74 Å². The smallest absolute Gasteiger partial charge is 0.342 e. The van der Waals surface area contributed by atoms with Gasteiger partial charge < -0.3 is 14.0 Å². The van der Waals surface area contributed by atoms with E-state index >= 15 is 0 Å². The van der Waals surface area contributed by atoms with Crippen molar-refractivity contribution in [1.82, 2.24) is 4.57 Å². The van der Waals surface area contributed by atoms with E-state index in [2.05, 4.69) is 0 Å². The van der Waals surface area contributed by atoms with Crippen LogP contribution in [0.4, 0.5) is 0 Å². The van der Waals surface area contributed by atoms with Crippen molar-refractivity contribution < 1.29 is 27.5 Å². The summed E-state index contributed by atoms with van der Waals surface area (Å²) in [6.45, 7) is 3.52. The van der Waals surface area contributed by atoms with E-state index in [-0.39, 0.29) is 28.9 Å². The Balaban J connectivity index is 1.42. The number of carbonyl (C=O) groups is 2. The van der Waals surface area contributed by atoms with Gasteiger partial charge in [-0.3, -0.25) is 4.79 Å². The van der Waals surface area contributed by atoms with Crippen LogP contribution in [0.3, 0.4) is 0 Å². The minimum atomic E-state index is -3.05. The number of nitrogens with zero attached hydrogens (tertiary/aromatic N) is 1. The number of esters is 1. The van der Waals surface area contributed by atoms with Crippen LogP contribution in [0.2, 0.25) is 0 Å². The van der Waals surface area contributed by atoms with Crippen molar-refractivity contribution in [1.29, 1.82) is 0 Å². The Bertz CT molecular complexity index is 1310. The average Bonchev–Trinajstić information content (AvgIpc) is 3.33. The van der Waals surface area contributed by atoms with E-state index < -0.39 is 22.4 Å². The van der Waals surface area contributed by atoms with Crippen LogP contribution in [0.25, 0.3) is 0 Å². The van der Waals surface area contributed by atoms with E-state index in [0.29, 0.717) is 30.0 Å². The third kappa shape index (κ3) is 5.22. The van der Waals surface area contributed by atoms with Crippen LogP contribution in [0, 0.1) is 13.8 Å². The maximum Gasteiger partial charge on any atom is 0.342 e. The highest BCUT2D eigenvalue weighted by atomic mass is 32.2. The van der Waals surface area contributed by atoms with Gasteiger partial charge in [0.2, 0.25) is 5.78 Å². The molecule has 2 aromatic carbocycles. The average molecular weight is 482 g/mol. The predicted octanol–water partition coefficient (Wildman–Crippen LogP) is 4.08. The molecule has 0 amide bonds. The normalized spacial score (nSPS) is 16.8. The first kappa shape index (κ1) is 23.8. The molecule has 178 valence electrons. The van der Waals surface area contributed by atoms with E-state index in [1.54, 1.807) is 37.3 Å². The van der Waals surface area contributed by atoms with E-state index in [4.69, 9.17) is 9.47 Å². The molecule has 0 spiro atoms. The van der Waals surface area contributed by atoms with E-state index in [1.807, 2.05) is 41.8 Å². The van der Waals surface area contributed by atoms with Gasteiger partial charge >= 0.3 is 5.97 Å². The van der Waals surface area contributed by atoms with Crippen LogP contribution in [-0.2, 0) is 21.2 Å². The van der Waals surface area contributed by atoms with Crippen LogP contribution in [-0.4, -0.2) is 42.9 Å². The quantitative estimate of drug-likeness (QED) is 0.356. The fraction of sp³-hybridized carbons (Fsp3) is 0.308. The molecular weight excluding hydrogens is 454 g/mol. The molecule has 2 heterocycles. The van der Waals surface area contributed by atoms with Crippen molar-refractivity contribution in [2.45, 2.75) is 32.9 Å². The number of Topliss-reactive ketones (excluding diaryl/α,β-unsaturated/α-hetero) is 1. The highest BCUT2D eigenvalue weighted by Crippen LogP contribution is 2.29. The molecule has 1 atom stereocenters. The molecule has 1 aromatic heterocycles. The Hall–Kier alpha value is -3.39. The number of ether oxygens (including phenoxy) is 2. The number of hydrogen-bond donors (Lipinski definition) is 0. The molecule has 0 saturated carbocycles. The van der Waals surface area contributed by atoms with Crippen molar-refractivity contribution in [3.8, 4) is 5.75 Å². The van der Waals surface area contributed by atoms with Gasteiger partial charge in [-0.25, -0.2) is 13.2 Å². The molecule has 0 bridgehead atoms. The summed E-state index contributed by atoms with van der Waals surface area (Å²) in [6.07, 6.45) is 0.529. The van der Waals surface area contributed by atoms with Gasteiger partial charge in [-0.2, -0.15) is 0 Å². The van der Waals surface area contributed by atoms with Gasteiger partial charge in [0, 0.05) is 23.0 Å². The van der Waals surface area contributed by atoms with Crippen LogP contribution in [0.15, 0.2) is 60.7 Å². The van der Waals surface area contributed by atoms with E-state index in [1.165, 1.54) is 0 Å². The lowest BCUT2D eigenvalue weighted by Crippen LogP contribution is -2.17. The standard InChI is InChI=1S/C26H27NO6S/c1-18-14-23(19(2)27(18)21-12-13-34(30,31)17-21)24(28)16-33-26(29)22-10-6-7-11-25(22)32-15-20-8-4-3-5-9-20/h3-11,14,21H,12-13,15-17H2,1-2H3. The molecule has 0 radical (unpaired) electrons. The highest BCUT2D eigenvalue weighted by Gasteiger charge is 2.31. The second-order valence-corrected chi connectivity index (χ2v) is 10.7. The lowest BCUT2D eigenvalue weighted by atomic mass is 10.1. The number of carbonyl (C=O) groups excluding carboxylic acids is 2. The number of benzene rings is 2. The Kier molecular flexibility index (Phi) is 6.88. The van der Waals surface area contributed by atoms with Gasteiger partial charge in [0.05, 0.1) is 11.5 Å². The molecular formula is C26H27NO6S. The minimum Gasteiger partial charge on any atom is -0.488 e. The number of rotatable bonds is 8. The summed E-state index contributed by atoms with van der Waals surface area (Å²) in [5, 5.41) is 0. The maximum absolute atomic E-state index is 12.9. The Morgan fingerprint density at radius 3 is 2.41 bits per heavy atom. The van der Waals surface area contributed by atoms with Gasteiger partial charge in [-0.05, 0) is 44.0 Å². The topological polar surface area (TPSA) is 91.7 Å². The van der Waals surface area contributed by atoms with Crippen LogP contribution in [0.1, 0.15) is 50.1 Å². The van der Waals surface area contributed by atoms with Crippen LogP contribution in [0.5, 0.6) is 5.75 Å². The summed E-state index contributed by atoms with van der Waals surface area (Å²) in [7, 11) is -3.05. The maximum atomic E-state index is 12.9. The summed E-state index contributed by atoms with van der Waals surface area (Å²) in [5.41, 5.74) is 3.14. The van der Waals surface area contributed by atoms with Crippen molar-refractivity contribution >= 4 is 21.6 Å². The molecule has 3 aromatic rings. The second kappa shape index (κ2) is 9.85. The molecule has 1 fully saturated rings. The zero-order valence-electron chi connectivity index (χ0n) is 19.2. The van der Waals surface area contributed by atoms with E-state index in [0.717, 1.165) is 11.3 Å². The molecule has 1 aliphatic rings.